The summed E-state index contributed by atoms with van der Waals surface area (Å²) in [7, 11) is 0. The smallest absolute Gasteiger partial charge is 0.0991 e. The van der Waals surface area contributed by atoms with E-state index in [2.05, 4.69) is 42.3 Å². The Balaban J connectivity index is 2.04. The Morgan fingerprint density at radius 3 is 2.70 bits per heavy atom. The van der Waals surface area contributed by atoms with Crippen LogP contribution in [0.25, 0.3) is 0 Å². The van der Waals surface area contributed by atoms with Crippen molar-refractivity contribution in [1.29, 1.82) is 5.26 Å². The summed E-state index contributed by atoms with van der Waals surface area (Å²) in [4.78, 5) is 2.56. The highest BCUT2D eigenvalue weighted by Gasteiger charge is 2.21. The van der Waals surface area contributed by atoms with Gasteiger partial charge in [-0.15, -0.1) is 0 Å². The second-order valence-electron chi connectivity index (χ2n) is 5.70. The highest BCUT2D eigenvalue weighted by atomic mass is 15.2. The average Bonchev–Trinajstić information content (AvgIpc) is 2.99. The first-order valence-electron chi connectivity index (χ1n) is 7.72. The van der Waals surface area contributed by atoms with Crippen molar-refractivity contribution in [3.63, 3.8) is 0 Å². The van der Waals surface area contributed by atoms with Gasteiger partial charge in [-0.25, -0.2) is 0 Å². The minimum absolute atomic E-state index is 0.407. The molecule has 0 spiro atoms. The third kappa shape index (κ3) is 3.82. The predicted molar refractivity (Wildman–Crippen MR) is 82.5 cm³/mol. The van der Waals surface area contributed by atoms with Crippen LogP contribution in [0.1, 0.15) is 50.3 Å². The number of nitriles is 1. The zero-order chi connectivity index (χ0) is 14.4. The van der Waals surface area contributed by atoms with E-state index in [-0.39, 0.29) is 0 Å². The number of hydrogen-bond donors (Lipinski definition) is 1. The Kier molecular flexibility index (Phi) is 5.58. The third-order valence-electron chi connectivity index (χ3n) is 4.20. The van der Waals surface area contributed by atoms with Gasteiger partial charge >= 0.3 is 0 Å². The molecule has 2 rings (SSSR count). The lowest BCUT2D eigenvalue weighted by Gasteiger charge is -2.31. The number of benzene rings is 1. The van der Waals surface area contributed by atoms with Gasteiger partial charge in [-0.2, -0.15) is 5.26 Å². The number of nitrogens with zero attached hydrogens (tertiary/aromatic N) is 2. The van der Waals surface area contributed by atoms with Crippen LogP contribution in [0.5, 0.6) is 0 Å². The quantitative estimate of drug-likeness (QED) is 0.864. The summed E-state index contributed by atoms with van der Waals surface area (Å²) in [6.45, 7) is 7.91. The zero-order valence-electron chi connectivity index (χ0n) is 12.6. The van der Waals surface area contributed by atoms with Gasteiger partial charge in [0.25, 0.3) is 0 Å². The van der Waals surface area contributed by atoms with E-state index in [1.165, 1.54) is 24.8 Å². The normalized spacial score (nSPS) is 20.0. The summed E-state index contributed by atoms with van der Waals surface area (Å²) >= 11 is 0. The van der Waals surface area contributed by atoms with Crippen LogP contribution in [0.4, 0.5) is 0 Å². The molecular weight excluding hydrogens is 246 g/mol. The molecule has 2 atom stereocenters. The lowest BCUT2D eigenvalue weighted by Crippen LogP contribution is -2.39. The Morgan fingerprint density at radius 2 is 2.15 bits per heavy atom. The van der Waals surface area contributed by atoms with Crippen LogP contribution in [0.2, 0.25) is 0 Å². The van der Waals surface area contributed by atoms with Gasteiger partial charge in [0.05, 0.1) is 11.6 Å². The molecule has 1 heterocycles. The first-order chi connectivity index (χ1) is 9.74. The molecule has 20 heavy (non-hydrogen) atoms. The van der Waals surface area contributed by atoms with E-state index in [9.17, 15) is 0 Å². The molecule has 1 aromatic carbocycles. The second-order valence-corrected chi connectivity index (χ2v) is 5.70. The zero-order valence-corrected chi connectivity index (χ0v) is 12.6. The first kappa shape index (κ1) is 15.0. The topological polar surface area (TPSA) is 39.1 Å². The molecule has 108 valence electrons. The Labute approximate surface area is 122 Å². The van der Waals surface area contributed by atoms with Crippen LogP contribution in [0.3, 0.4) is 0 Å². The van der Waals surface area contributed by atoms with Crippen molar-refractivity contribution >= 4 is 0 Å². The molecule has 3 nitrogen and oxygen atoms in total. The van der Waals surface area contributed by atoms with E-state index >= 15 is 0 Å². The van der Waals surface area contributed by atoms with Crippen LogP contribution < -0.4 is 5.32 Å². The van der Waals surface area contributed by atoms with Gasteiger partial charge in [-0.05, 0) is 57.0 Å². The Morgan fingerprint density at radius 1 is 1.40 bits per heavy atom. The van der Waals surface area contributed by atoms with Gasteiger partial charge in [0.1, 0.15) is 0 Å². The van der Waals surface area contributed by atoms with E-state index in [4.69, 9.17) is 5.26 Å². The lowest BCUT2D eigenvalue weighted by molar-refractivity contribution is 0.192. The van der Waals surface area contributed by atoms with E-state index < -0.39 is 0 Å². The van der Waals surface area contributed by atoms with Crippen molar-refractivity contribution in [2.45, 2.75) is 45.2 Å². The molecule has 0 aromatic heterocycles. The molecule has 0 saturated carbocycles. The Bertz CT molecular complexity index is 440. The third-order valence-corrected chi connectivity index (χ3v) is 4.20. The van der Waals surface area contributed by atoms with Gasteiger partial charge in [-0.1, -0.05) is 19.1 Å². The maximum atomic E-state index is 8.88. The fraction of sp³-hybridized carbons (Fsp3) is 0.588. The minimum Gasteiger partial charge on any atom is -0.313 e. The van der Waals surface area contributed by atoms with Gasteiger partial charge in [0, 0.05) is 18.6 Å². The van der Waals surface area contributed by atoms with Crippen LogP contribution in [-0.4, -0.2) is 30.6 Å². The van der Waals surface area contributed by atoms with Crippen LogP contribution in [-0.2, 0) is 0 Å². The number of hydrogen-bond acceptors (Lipinski definition) is 3. The Hall–Kier alpha value is -1.37. The highest BCUT2D eigenvalue weighted by molar-refractivity contribution is 5.32. The molecule has 1 N–H and O–H groups in total. The minimum atomic E-state index is 0.407. The van der Waals surface area contributed by atoms with Crippen LogP contribution in [0.15, 0.2) is 24.3 Å². The van der Waals surface area contributed by atoms with Crippen LogP contribution in [0, 0.1) is 11.3 Å². The molecule has 1 aliphatic heterocycles. The van der Waals surface area contributed by atoms with Crippen molar-refractivity contribution in [2.75, 3.05) is 19.6 Å². The molecule has 1 aliphatic rings. The van der Waals surface area contributed by atoms with Gasteiger partial charge in [0.15, 0.2) is 0 Å². The maximum absolute atomic E-state index is 8.88. The van der Waals surface area contributed by atoms with Crippen molar-refractivity contribution in [3.8, 4) is 6.07 Å². The van der Waals surface area contributed by atoms with Crippen molar-refractivity contribution in [3.05, 3.63) is 35.4 Å². The molecule has 1 fully saturated rings. The van der Waals surface area contributed by atoms with E-state index in [1.807, 2.05) is 12.1 Å². The fourth-order valence-electron chi connectivity index (χ4n) is 2.97. The van der Waals surface area contributed by atoms with Crippen LogP contribution >= 0.6 is 0 Å². The largest absolute Gasteiger partial charge is 0.313 e. The summed E-state index contributed by atoms with van der Waals surface area (Å²) in [5.74, 6) is 0. The standard InChI is InChI=1S/C17H25N3/c1-3-11-20(13-17-5-4-10-19-17)14(2)16-8-6-15(12-18)7-9-16/h6-9,14,17,19H,3-5,10-11,13H2,1-2H3. The van der Waals surface area contributed by atoms with Gasteiger partial charge in [0.2, 0.25) is 0 Å². The second kappa shape index (κ2) is 7.42. The fourth-order valence-corrected chi connectivity index (χ4v) is 2.97. The molecule has 1 saturated heterocycles. The molecule has 3 heteroatoms. The van der Waals surface area contributed by atoms with Crippen molar-refractivity contribution in [2.24, 2.45) is 0 Å². The monoisotopic (exact) mass is 271 g/mol. The number of rotatable bonds is 6. The summed E-state index contributed by atoms with van der Waals surface area (Å²) < 4.78 is 0. The van der Waals surface area contributed by atoms with Crippen molar-refractivity contribution < 1.29 is 0 Å². The summed E-state index contributed by atoms with van der Waals surface area (Å²) in [6, 6.07) is 11.3. The first-order valence-corrected chi connectivity index (χ1v) is 7.72. The summed E-state index contributed by atoms with van der Waals surface area (Å²) in [6.07, 6.45) is 3.77. The molecule has 1 aromatic rings. The van der Waals surface area contributed by atoms with Crippen molar-refractivity contribution in [1.82, 2.24) is 10.2 Å². The average molecular weight is 271 g/mol. The SMILES string of the molecule is CCCN(CC1CCCN1)C(C)c1ccc(C#N)cc1. The van der Waals surface area contributed by atoms with E-state index in [1.54, 1.807) is 0 Å². The molecule has 0 amide bonds. The van der Waals surface area contributed by atoms with E-state index in [0.29, 0.717) is 12.1 Å². The molecule has 2 unspecified atom stereocenters. The molecule has 0 bridgehead atoms. The lowest BCUT2D eigenvalue weighted by atomic mass is 10.0. The predicted octanol–water partition coefficient (Wildman–Crippen LogP) is 3.08. The van der Waals surface area contributed by atoms with Gasteiger partial charge in [-0.3, -0.25) is 4.90 Å². The highest BCUT2D eigenvalue weighted by Crippen LogP contribution is 2.22. The maximum Gasteiger partial charge on any atom is 0.0991 e. The van der Waals surface area contributed by atoms with E-state index in [0.717, 1.165) is 25.2 Å². The summed E-state index contributed by atoms with van der Waals surface area (Å²) in [5.41, 5.74) is 2.04. The molecule has 0 radical (unpaired) electrons. The van der Waals surface area contributed by atoms with Gasteiger partial charge < -0.3 is 5.32 Å². The summed E-state index contributed by atoms with van der Waals surface area (Å²) in [5, 5.41) is 12.5. The number of nitrogens with one attached hydrogen (secondary N) is 1. The molecular formula is C17H25N3. The molecule has 0 aliphatic carbocycles.